The molecule has 0 unspecified atom stereocenters. The van der Waals surface area contributed by atoms with Crippen LogP contribution in [0.3, 0.4) is 0 Å². The van der Waals surface area contributed by atoms with Crippen LogP contribution < -0.4 is 10.2 Å². The van der Waals surface area contributed by atoms with E-state index in [0.29, 0.717) is 43.3 Å². The number of carbonyl (C=O) groups is 2. The van der Waals surface area contributed by atoms with Crippen LogP contribution in [0, 0.1) is 13.8 Å². The molecular weight excluding hydrogens is 334 g/mol. The number of hydrogen-bond donors (Lipinski definition) is 2. The second-order valence-corrected chi connectivity index (χ2v) is 6.37. The molecule has 0 spiro atoms. The van der Waals surface area contributed by atoms with Crippen molar-refractivity contribution in [3.05, 3.63) is 47.4 Å². The molecule has 2 amide bonds. The molecule has 1 aromatic heterocycles. The standard InChI is InChI=1S/C19H23N3O4/c1-13-11-15(14(2)26-13)19(25)20-12-18(24)22-9-7-21(8-10-22)16-5-3-4-6-17(16)23/h3-6,11,23H,7-10,12H2,1-2H3,(H,20,25). The third-order valence-corrected chi connectivity index (χ3v) is 4.54. The molecule has 0 radical (unpaired) electrons. The van der Waals surface area contributed by atoms with Crippen molar-refractivity contribution in [1.82, 2.24) is 10.2 Å². The molecule has 0 bridgehead atoms. The fourth-order valence-electron chi connectivity index (χ4n) is 3.15. The smallest absolute Gasteiger partial charge is 0.255 e. The molecule has 1 aromatic carbocycles. The minimum absolute atomic E-state index is 0.0426. The number of aryl methyl sites for hydroxylation is 2. The first-order valence-corrected chi connectivity index (χ1v) is 8.61. The van der Waals surface area contributed by atoms with Gasteiger partial charge < -0.3 is 24.6 Å². The van der Waals surface area contributed by atoms with Crippen LogP contribution in [0.5, 0.6) is 5.75 Å². The number of piperazine rings is 1. The number of hydrogen-bond acceptors (Lipinski definition) is 5. The number of anilines is 1. The second-order valence-electron chi connectivity index (χ2n) is 6.37. The largest absolute Gasteiger partial charge is 0.506 e. The Hall–Kier alpha value is -2.96. The number of aromatic hydroxyl groups is 1. The van der Waals surface area contributed by atoms with Gasteiger partial charge >= 0.3 is 0 Å². The predicted octanol–water partition coefficient (Wildman–Crippen LogP) is 1.68. The zero-order valence-electron chi connectivity index (χ0n) is 15.0. The zero-order valence-corrected chi connectivity index (χ0v) is 15.0. The van der Waals surface area contributed by atoms with E-state index in [9.17, 15) is 14.7 Å². The molecule has 0 aliphatic carbocycles. The van der Waals surface area contributed by atoms with Gasteiger partial charge in [0.2, 0.25) is 5.91 Å². The van der Waals surface area contributed by atoms with Gasteiger partial charge in [-0.2, -0.15) is 0 Å². The monoisotopic (exact) mass is 357 g/mol. The van der Waals surface area contributed by atoms with Gasteiger partial charge in [0.05, 0.1) is 17.8 Å². The Morgan fingerprint density at radius 1 is 1.15 bits per heavy atom. The van der Waals surface area contributed by atoms with E-state index < -0.39 is 0 Å². The SMILES string of the molecule is Cc1cc(C(=O)NCC(=O)N2CCN(c3ccccc3O)CC2)c(C)o1. The van der Waals surface area contributed by atoms with E-state index in [1.165, 1.54) is 0 Å². The molecular formula is C19H23N3O4. The van der Waals surface area contributed by atoms with Gasteiger partial charge in [-0.1, -0.05) is 12.1 Å². The van der Waals surface area contributed by atoms with E-state index in [-0.39, 0.29) is 24.1 Å². The van der Waals surface area contributed by atoms with Crippen LogP contribution in [0.2, 0.25) is 0 Å². The fourth-order valence-corrected chi connectivity index (χ4v) is 3.15. The molecule has 3 rings (SSSR count). The van der Waals surface area contributed by atoms with Crippen LogP contribution in [0.15, 0.2) is 34.7 Å². The highest BCUT2D eigenvalue weighted by molar-refractivity contribution is 5.97. The number of amides is 2. The first-order chi connectivity index (χ1) is 12.5. The molecule has 7 heteroatoms. The van der Waals surface area contributed by atoms with E-state index in [4.69, 9.17) is 4.42 Å². The molecule has 1 aliphatic heterocycles. The van der Waals surface area contributed by atoms with Crippen LogP contribution in [-0.2, 0) is 4.79 Å². The van der Waals surface area contributed by atoms with Crippen LogP contribution in [-0.4, -0.2) is 54.5 Å². The van der Waals surface area contributed by atoms with Crippen LogP contribution in [0.25, 0.3) is 0 Å². The molecule has 138 valence electrons. The van der Waals surface area contributed by atoms with Gasteiger partial charge in [-0.15, -0.1) is 0 Å². The molecule has 2 heterocycles. The average Bonchev–Trinajstić information content (AvgIpc) is 2.98. The van der Waals surface area contributed by atoms with Crippen molar-refractivity contribution in [3.63, 3.8) is 0 Å². The van der Waals surface area contributed by atoms with Crippen molar-refractivity contribution in [2.75, 3.05) is 37.6 Å². The van der Waals surface area contributed by atoms with E-state index in [1.54, 1.807) is 36.9 Å². The maximum absolute atomic E-state index is 12.4. The van der Waals surface area contributed by atoms with Crippen molar-refractivity contribution >= 4 is 17.5 Å². The number of phenolic OH excluding ortho intramolecular Hbond substituents is 1. The molecule has 0 saturated carbocycles. The Balaban J connectivity index is 1.50. The van der Waals surface area contributed by atoms with Crippen LogP contribution in [0.4, 0.5) is 5.69 Å². The Kier molecular flexibility index (Phi) is 5.16. The third kappa shape index (κ3) is 3.82. The quantitative estimate of drug-likeness (QED) is 0.870. The number of furan rings is 1. The lowest BCUT2D eigenvalue weighted by Gasteiger charge is -2.36. The number of carbonyl (C=O) groups excluding carboxylic acids is 2. The number of nitrogens with zero attached hydrogens (tertiary/aromatic N) is 2. The Morgan fingerprint density at radius 2 is 1.85 bits per heavy atom. The maximum atomic E-state index is 12.4. The molecule has 0 atom stereocenters. The number of para-hydroxylation sites is 2. The summed E-state index contributed by atoms with van der Waals surface area (Å²) in [6, 6.07) is 8.84. The minimum Gasteiger partial charge on any atom is -0.506 e. The van der Waals surface area contributed by atoms with Crippen LogP contribution >= 0.6 is 0 Å². The normalized spacial score (nSPS) is 14.4. The Bertz CT molecular complexity index is 807. The van der Waals surface area contributed by atoms with Gasteiger partial charge in [0.1, 0.15) is 17.3 Å². The highest BCUT2D eigenvalue weighted by Gasteiger charge is 2.23. The summed E-state index contributed by atoms with van der Waals surface area (Å²) >= 11 is 0. The lowest BCUT2D eigenvalue weighted by atomic mass is 10.2. The summed E-state index contributed by atoms with van der Waals surface area (Å²) in [6.07, 6.45) is 0. The zero-order chi connectivity index (χ0) is 18.7. The number of rotatable bonds is 4. The van der Waals surface area contributed by atoms with Gasteiger partial charge in [-0.05, 0) is 32.0 Å². The molecule has 2 aromatic rings. The highest BCUT2D eigenvalue weighted by atomic mass is 16.3. The number of benzene rings is 1. The molecule has 2 N–H and O–H groups in total. The maximum Gasteiger partial charge on any atom is 0.255 e. The van der Waals surface area contributed by atoms with Gasteiger partial charge in [0.15, 0.2) is 0 Å². The molecule has 1 saturated heterocycles. The first kappa shape index (κ1) is 17.8. The second kappa shape index (κ2) is 7.51. The Morgan fingerprint density at radius 3 is 2.46 bits per heavy atom. The summed E-state index contributed by atoms with van der Waals surface area (Å²) in [5, 5.41) is 12.6. The van der Waals surface area contributed by atoms with Crippen molar-refractivity contribution in [2.24, 2.45) is 0 Å². The van der Waals surface area contributed by atoms with Crippen molar-refractivity contribution in [1.29, 1.82) is 0 Å². The summed E-state index contributed by atoms with van der Waals surface area (Å²) in [5.74, 6) is 1.03. The van der Waals surface area contributed by atoms with Crippen molar-refractivity contribution in [2.45, 2.75) is 13.8 Å². The summed E-state index contributed by atoms with van der Waals surface area (Å²) < 4.78 is 5.34. The molecule has 26 heavy (non-hydrogen) atoms. The topological polar surface area (TPSA) is 86.0 Å². The predicted molar refractivity (Wildman–Crippen MR) is 97.4 cm³/mol. The van der Waals surface area contributed by atoms with Crippen molar-refractivity contribution in [3.8, 4) is 5.75 Å². The van der Waals surface area contributed by atoms with E-state index >= 15 is 0 Å². The molecule has 1 aliphatic rings. The molecule has 1 fully saturated rings. The van der Waals surface area contributed by atoms with Gasteiger partial charge in [0, 0.05) is 26.2 Å². The van der Waals surface area contributed by atoms with Gasteiger partial charge in [-0.25, -0.2) is 0 Å². The Labute approximate surface area is 152 Å². The highest BCUT2D eigenvalue weighted by Crippen LogP contribution is 2.27. The van der Waals surface area contributed by atoms with E-state index in [2.05, 4.69) is 10.2 Å². The fraction of sp³-hybridized carbons (Fsp3) is 0.368. The van der Waals surface area contributed by atoms with Gasteiger partial charge in [0.25, 0.3) is 5.91 Å². The summed E-state index contributed by atoms with van der Waals surface area (Å²) in [4.78, 5) is 28.3. The number of phenols is 1. The summed E-state index contributed by atoms with van der Waals surface area (Å²) in [6.45, 7) is 5.83. The van der Waals surface area contributed by atoms with E-state index in [0.717, 1.165) is 5.69 Å². The average molecular weight is 357 g/mol. The first-order valence-electron chi connectivity index (χ1n) is 8.61. The summed E-state index contributed by atoms with van der Waals surface area (Å²) in [7, 11) is 0. The lowest BCUT2D eigenvalue weighted by molar-refractivity contribution is -0.130. The minimum atomic E-state index is -0.305. The van der Waals surface area contributed by atoms with E-state index in [1.807, 2.05) is 12.1 Å². The third-order valence-electron chi connectivity index (χ3n) is 4.54. The molecule has 7 nitrogen and oxygen atoms in total. The van der Waals surface area contributed by atoms with Crippen molar-refractivity contribution < 1.29 is 19.1 Å². The van der Waals surface area contributed by atoms with Crippen LogP contribution in [0.1, 0.15) is 21.9 Å². The van der Waals surface area contributed by atoms with Gasteiger partial charge in [-0.3, -0.25) is 9.59 Å². The lowest BCUT2D eigenvalue weighted by Crippen LogP contribution is -2.51. The summed E-state index contributed by atoms with van der Waals surface area (Å²) in [5.41, 5.74) is 1.23. The number of nitrogens with one attached hydrogen (secondary N) is 1.